The van der Waals surface area contributed by atoms with Gasteiger partial charge in [-0.1, -0.05) is 389 Å². The van der Waals surface area contributed by atoms with Gasteiger partial charge < -0.3 is 27.9 Å². The van der Waals surface area contributed by atoms with E-state index < -0.39 is 26.5 Å². The number of quaternary nitrogens is 1. The topological polar surface area (TPSA) is 111 Å². The van der Waals surface area contributed by atoms with Gasteiger partial charge in [-0.15, -0.1) is 0 Å². The number of carbonyl (C=O) groups is 2. The Morgan fingerprint density at radius 3 is 0.914 bits per heavy atom. The molecule has 0 fully saturated rings. The van der Waals surface area contributed by atoms with Gasteiger partial charge in [-0.05, 0) is 64.2 Å². The molecule has 9 nitrogen and oxygen atoms in total. The molecule has 0 aliphatic carbocycles. The monoisotopic (exact) mass is 1320 g/mol. The molecule has 0 saturated heterocycles. The number of esters is 2. The highest BCUT2D eigenvalue weighted by molar-refractivity contribution is 7.45. The zero-order chi connectivity index (χ0) is 67.6. The fourth-order valence-electron chi connectivity index (χ4n) is 11.9. The van der Waals surface area contributed by atoms with Crippen LogP contribution in [0.2, 0.25) is 0 Å². The highest BCUT2D eigenvalue weighted by Gasteiger charge is 2.22. The minimum Gasteiger partial charge on any atom is -0.756 e. The minimum absolute atomic E-state index is 0.0305. The number of ether oxygens (including phenoxy) is 2. The number of unbranched alkanes of at least 4 members (excludes halogenated alkanes) is 49. The largest absolute Gasteiger partial charge is 0.756 e. The van der Waals surface area contributed by atoms with E-state index in [1.54, 1.807) is 0 Å². The number of hydrogen-bond donors (Lipinski definition) is 0. The quantitative estimate of drug-likeness (QED) is 0.0195. The van der Waals surface area contributed by atoms with Crippen molar-refractivity contribution in [3.63, 3.8) is 0 Å². The maximum atomic E-state index is 12.9. The number of likely N-dealkylation sites (N-methyl/N-ethyl adjacent to an activating group) is 1. The summed E-state index contributed by atoms with van der Waals surface area (Å²) in [6, 6.07) is 0. The predicted molar refractivity (Wildman–Crippen MR) is 402 cm³/mol. The summed E-state index contributed by atoms with van der Waals surface area (Å²) in [6.07, 6.45) is 100. The first-order chi connectivity index (χ1) is 45.5. The maximum absolute atomic E-state index is 12.9. The Labute approximate surface area is 578 Å². The minimum atomic E-state index is -4.65. The molecular weight excluding hydrogens is 1170 g/mol. The SMILES string of the molecule is CC/C=C\C/C=C\C/C=C\C/C=C\C/C=C\C/C=C\CCCCCCCCCCCCCCCCC(=O)OC(COC(=O)CCCCCCCCCCCCCCCCCCCCCCCCCCCCCCCCCCCCCC)COP(=O)([O-])OCC[N+](C)(C)C. The third-order valence-corrected chi connectivity index (χ3v) is 19.0. The third kappa shape index (κ3) is 78.3. The summed E-state index contributed by atoms with van der Waals surface area (Å²) in [7, 11) is 1.18. The Morgan fingerprint density at radius 2 is 0.613 bits per heavy atom. The molecule has 0 aromatic carbocycles. The summed E-state index contributed by atoms with van der Waals surface area (Å²) in [5.41, 5.74) is 0. The van der Waals surface area contributed by atoms with Crippen molar-refractivity contribution >= 4 is 19.8 Å². The van der Waals surface area contributed by atoms with E-state index in [0.717, 1.165) is 77.0 Å². The van der Waals surface area contributed by atoms with Crippen LogP contribution in [0.4, 0.5) is 0 Å². The van der Waals surface area contributed by atoms with Gasteiger partial charge in [0.2, 0.25) is 0 Å². The van der Waals surface area contributed by atoms with Crippen LogP contribution in [0.3, 0.4) is 0 Å². The molecule has 0 rings (SSSR count). The van der Waals surface area contributed by atoms with Crippen LogP contribution in [0.15, 0.2) is 72.9 Å². The van der Waals surface area contributed by atoms with E-state index in [-0.39, 0.29) is 32.0 Å². The van der Waals surface area contributed by atoms with E-state index >= 15 is 0 Å². The van der Waals surface area contributed by atoms with Crippen molar-refractivity contribution in [3.05, 3.63) is 72.9 Å². The first-order valence-corrected chi connectivity index (χ1v) is 41.6. The third-order valence-electron chi connectivity index (χ3n) is 18.0. The van der Waals surface area contributed by atoms with Crippen molar-refractivity contribution in [3.8, 4) is 0 Å². The Hall–Kier alpha value is -2.55. The predicted octanol–water partition coefficient (Wildman–Crippen LogP) is 26.0. The van der Waals surface area contributed by atoms with Crippen molar-refractivity contribution in [2.24, 2.45) is 0 Å². The molecule has 0 N–H and O–H groups in total. The number of allylic oxidation sites excluding steroid dienone is 12. The first-order valence-electron chi connectivity index (χ1n) is 40.1. The van der Waals surface area contributed by atoms with Crippen molar-refractivity contribution in [1.29, 1.82) is 0 Å². The highest BCUT2D eigenvalue weighted by atomic mass is 31.2. The number of hydrogen-bond acceptors (Lipinski definition) is 8. The molecular formula is C83H154NO8P. The molecule has 0 aromatic heterocycles. The van der Waals surface area contributed by atoms with E-state index in [2.05, 4.69) is 86.8 Å². The molecule has 2 unspecified atom stereocenters. The van der Waals surface area contributed by atoms with E-state index in [1.165, 1.54) is 283 Å². The summed E-state index contributed by atoms with van der Waals surface area (Å²) >= 11 is 0. The summed E-state index contributed by atoms with van der Waals surface area (Å²) < 4.78 is 34.4. The Balaban J connectivity index is 3.93. The fourth-order valence-corrected chi connectivity index (χ4v) is 12.6. The van der Waals surface area contributed by atoms with Crippen LogP contribution < -0.4 is 4.89 Å². The van der Waals surface area contributed by atoms with Crippen LogP contribution in [-0.2, 0) is 32.7 Å². The van der Waals surface area contributed by atoms with Crippen molar-refractivity contribution in [1.82, 2.24) is 0 Å². The van der Waals surface area contributed by atoms with Crippen LogP contribution in [-0.4, -0.2) is 70.0 Å². The second kappa shape index (κ2) is 73.7. The van der Waals surface area contributed by atoms with Crippen molar-refractivity contribution in [2.75, 3.05) is 47.5 Å². The number of phosphoric acid groups is 1. The van der Waals surface area contributed by atoms with Crippen LogP contribution in [0.1, 0.15) is 393 Å². The number of rotatable bonds is 75. The van der Waals surface area contributed by atoms with E-state index in [1.807, 2.05) is 21.1 Å². The van der Waals surface area contributed by atoms with Gasteiger partial charge in [-0.25, -0.2) is 0 Å². The molecule has 93 heavy (non-hydrogen) atoms. The molecule has 544 valence electrons. The normalized spacial score (nSPS) is 13.4. The van der Waals surface area contributed by atoms with Gasteiger partial charge in [0.25, 0.3) is 7.82 Å². The lowest BCUT2D eigenvalue weighted by atomic mass is 10.0. The van der Waals surface area contributed by atoms with E-state index in [9.17, 15) is 19.0 Å². The number of carbonyl (C=O) groups excluding carboxylic acids is 2. The Morgan fingerprint density at radius 1 is 0.344 bits per heavy atom. The molecule has 0 bridgehead atoms. The molecule has 0 amide bonds. The molecule has 0 heterocycles. The Bertz CT molecular complexity index is 1800. The van der Waals surface area contributed by atoms with Gasteiger partial charge in [0.15, 0.2) is 6.10 Å². The number of nitrogens with zero attached hydrogens (tertiary/aromatic N) is 1. The number of phosphoric ester groups is 1. The second-order valence-corrected chi connectivity index (χ2v) is 29.8. The van der Waals surface area contributed by atoms with Crippen LogP contribution in [0, 0.1) is 0 Å². The zero-order valence-electron chi connectivity index (χ0n) is 62.2. The maximum Gasteiger partial charge on any atom is 0.306 e. The molecule has 0 saturated carbocycles. The smallest absolute Gasteiger partial charge is 0.306 e. The summed E-state index contributed by atoms with van der Waals surface area (Å²) in [5, 5.41) is 0. The van der Waals surface area contributed by atoms with Gasteiger partial charge in [0.1, 0.15) is 19.8 Å². The van der Waals surface area contributed by atoms with Gasteiger partial charge in [-0.2, -0.15) is 0 Å². The molecule has 10 heteroatoms. The zero-order valence-corrected chi connectivity index (χ0v) is 63.1. The first kappa shape index (κ1) is 90.5. The molecule has 0 spiro atoms. The van der Waals surface area contributed by atoms with Crippen LogP contribution in [0.25, 0.3) is 0 Å². The van der Waals surface area contributed by atoms with Crippen molar-refractivity contribution in [2.45, 2.75) is 399 Å². The summed E-state index contributed by atoms with van der Waals surface area (Å²) in [5.74, 6) is -0.816. The second-order valence-electron chi connectivity index (χ2n) is 28.4. The lowest BCUT2D eigenvalue weighted by Crippen LogP contribution is -2.37. The van der Waals surface area contributed by atoms with E-state index in [0.29, 0.717) is 17.4 Å². The van der Waals surface area contributed by atoms with Gasteiger partial charge in [-0.3, -0.25) is 14.2 Å². The molecule has 2 atom stereocenters. The molecule has 0 aliphatic heterocycles. The molecule has 0 aliphatic rings. The summed E-state index contributed by atoms with van der Waals surface area (Å²) in [4.78, 5) is 38.2. The van der Waals surface area contributed by atoms with E-state index in [4.69, 9.17) is 18.5 Å². The van der Waals surface area contributed by atoms with Crippen LogP contribution >= 0.6 is 7.82 Å². The van der Waals surface area contributed by atoms with Gasteiger partial charge >= 0.3 is 11.9 Å². The van der Waals surface area contributed by atoms with Crippen LogP contribution in [0.5, 0.6) is 0 Å². The average Bonchev–Trinajstić information content (AvgIpc) is 2.30. The van der Waals surface area contributed by atoms with Gasteiger partial charge in [0.05, 0.1) is 27.7 Å². The molecule has 0 aromatic rings. The highest BCUT2D eigenvalue weighted by Crippen LogP contribution is 2.38. The lowest BCUT2D eigenvalue weighted by Gasteiger charge is -2.28. The standard InChI is InChI=1S/C83H154NO8P/c1-6-8-10-12-14-16-18-20-22-24-26-28-30-32-34-36-38-40-41-42-44-45-47-49-51-53-55-57-59-61-63-65-67-69-71-73-75-82(85)89-79-81(80-91-93(87,88)90-78-77-84(3,4)5)92-83(86)76-74-72-70-68-66-64-62-60-58-56-54-52-50-48-46-43-39-37-35-33-31-29-27-25-23-21-19-17-15-13-11-9-7-2/h9,11,15,17,21,23,27,29,33,35,39,43,81H,6-8,10,12-14,16,18-20,22,24-26,28,30-32,34,36-38,40-42,44-80H2,1-5H3/b11-9-,17-15-,23-21-,29-27-,35-33-,43-39-. The summed E-state index contributed by atoms with van der Waals surface area (Å²) in [6.45, 7) is 4.19. The average molecular weight is 1330 g/mol. The lowest BCUT2D eigenvalue weighted by molar-refractivity contribution is -0.870. The molecule has 0 radical (unpaired) electrons. The van der Waals surface area contributed by atoms with Crippen molar-refractivity contribution < 1.29 is 42.1 Å². The van der Waals surface area contributed by atoms with Gasteiger partial charge in [0, 0.05) is 12.8 Å². The Kier molecular flexibility index (Phi) is 71.7. The fraction of sp³-hybridized carbons (Fsp3) is 0.831.